The number of methoxy groups -OCH3 is 2. The Kier molecular flexibility index (Phi) is 5.09. The van der Waals surface area contributed by atoms with Crippen LogP contribution in [0.3, 0.4) is 0 Å². The average Bonchev–Trinajstić information content (AvgIpc) is 2.98. The smallest absolute Gasteiger partial charge is 0.355 e. The number of ether oxygens (including phenoxy) is 2. The monoisotopic (exact) mass is 385 g/mol. The predicted molar refractivity (Wildman–Crippen MR) is 101 cm³/mol. The fourth-order valence-electron chi connectivity index (χ4n) is 2.65. The van der Waals surface area contributed by atoms with Crippen molar-refractivity contribution in [3.63, 3.8) is 0 Å². The second-order valence-corrected chi connectivity index (χ2v) is 6.54. The maximum absolute atomic E-state index is 12.4. The number of carboxylic acid groups (broad SMARTS) is 1. The molecule has 0 saturated carbocycles. The standard InChI is InChI=1S/C19H15NO6S/c1-25-18(23)13-5-3-4-8-20(16(13)19(24)26-2)12-6-7-14-11(9-12)10-15(27-14)17(21)22/h3-10H,1-2H3,(H,21,22). The molecule has 2 heterocycles. The van der Waals surface area contributed by atoms with Crippen LogP contribution in [-0.2, 0) is 19.1 Å². The molecule has 0 atom stereocenters. The molecule has 1 aliphatic rings. The van der Waals surface area contributed by atoms with Gasteiger partial charge >= 0.3 is 17.9 Å². The molecule has 27 heavy (non-hydrogen) atoms. The number of carbonyl (C=O) groups excluding carboxylic acids is 2. The molecule has 2 aromatic rings. The number of thiophene rings is 1. The molecular weight excluding hydrogens is 370 g/mol. The van der Waals surface area contributed by atoms with Crippen LogP contribution < -0.4 is 4.90 Å². The van der Waals surface area contributed by atoms with Gasteiger partial charge in [0.25, 0.3) is 0 Å². The Morgan fingerprint density at radius 3 is 2.44 bits per heavy atom. The number of esters is 2. The summed E-state index contributed by atoms with van der Waals surface area (Å²) in [7, 11) is 2.45. The van der Waals surface area contributed by atoms with E-state index in [4.69, 9.17) is 9.47 Å². The van der Waals surface area contributed by atoms with Gasteiger partial charge in [-0.1, -0.05) is 6.08 Å². The molecule has 0 unspecified atom stereocenters. The van der Waals surface area contributed by atoms with Gasteiger partial charge in [0, 0.05) is 16.6 Å². The molecule has 0 aliphatic carbocycles. The summed E-state index contributed by atoms with van der Waals surface area (Å²) in [4.78, 5) is 37.5. The lowest BCUT2D eigenvalue weighted by Crippen LogP contribution is -2.26. The van der Waals surface area contributed by atoms with Crippen molar-refractivity contribution >= 4 is 45.0 Å². The number of aromatic carboxylic acids is 1. The number of allylic oxidation sites excluding steroid dienone is 2. The van der Waals surface area contributed by atoms with Crippen LogP contribution in [0, 0.1) is 0 Å². The molecule has 0 radical (unpaired) electrons. The molecule has 7 nitrogen and oxygen atoms in total. The topological polar surface area (TPSA) is 93.1 Å². The molecule has 0 spiro atoms. The van der Waals surface area contributed by atoms with Crippen LogP contribution in [0.25, 0.3) is 10.1 Å². The molecule has 1 aliphatic heterocycles. The highest BCUT2D eigenvalue weighted by Gasteiger charge is 2.27. The van der Waals surface area contributed by atoms with Crippen molar-refractivity contribution in [1.29, 1.82) is 0 Å². The van der Waals surface area contributed by atoms with E-state index in [2.05, 4.69) is 0 Å². The Labute approximate surface area is 158 Å². The predicted octanol–water partition coefficient (Wildman–Crippen LogP) is 3.09. The highest BCUT2D eigenvalue weighted by molar-refractivity contribution is 7.20. The lowest BCUT2D eigenvalue weighted by atomic mass is 10.1. The van der Waals surface area contributed by atoms with E-state index in [1.807, 2.05) is 0 Å². The Hall–Kier alpha value is -3.39. The van der Waals surface area contributed by atoms with Crippen LogP contribution in [0.2, 0.25) is 0 Å². The lowest BCUT2D eigenvalue weighted by molar-refractivity contribution is -0.139. The first kappa shape index (κ1) is 18.4. The quantitative estimate of drug-likeness (QED) is 0.809. The number of benzene rings is 1. The minimum Gasteiger partial charge on any atom is -0.477 e. The number of rotatable bonds is 4. The van der Waals surface area contributed by atoms with Crippen LogP contribution >= 0.6 is 11.3 Å². The van der Waals surface area contributed by atoms with Crippen molar-refractivity contribution in [2.45, 2.75) is 0 Å². The van der Waals surface area contributed by atoms with Gasteiger partial charge in [-0.05, 0) is 41.8 Å². The zero-order chi connectivity index (χ0) is 19.6. The van der Waals surface area contributed by atoms with E-state index in [0.717, 1.165) is 16.0 Å². The largest absolute Gasteiger partial charge is 0.477 e. The summed E-state index contributed by atoms with van der Waals surface area (Å²) in [5, 5.41) is 9.88. The van der Waals surface area contributed by atoms with Gasteiger partial charge in [0.05, 0.1) is 19.8 Å². The molecular formula is C19H15NO6S. The summed E-state index contributed by atoms with van der Waals surface area (Å²) in [5.74, 6) is -2.38. The second-order valence-electron chi connectivity index (χ2n) is 5.45. The van der Waals surface area contributed by atoms with Crippen LogP contribution in [0.4, 0.5) is 5.69 Å². The van der Waals surface area contributed by atoms with E-state index in [9.17, 15) is 19.5 Å². The van der Waals surface area contributed by atoms with Gasteiger partial charge in [-0.25, -0.2) is 14.4 Å². The number of hydrogen-bond donors (Lipinski definition) is 1. The molecule has 0 amide bonds. The van der Waals surface area contributed by atoms with Gasteiger partial charge in [0.15, 0.2) is 0 Å². The summed E-state index contributed by atoms with van der Waals surface area (Å²) in [6.45, 7) is 0. The molecule has 1 N–H and O–H groups in total. The number of hydrogen-bond acceptors (Lipinski definition) is 7. The zero-order valence-electron chi connectivity index (χ0n) is 14.5. The molecule has 3 rings (SSSR count). The number of carbonyl (C=O) groups is 3. The molecule has 138 valence electrons. The van der Waals surface area contributed by atoms with Crippen LogP contribution in [0.5, 0.6) is 0 Å². The van der Waals surface area contributed by atoms with Crippen molar-refractivity contribution in [2.24, 2.45) is 0 Å². The van der Waals surface area contributed by atoms with Gasteiger partial charge in [-0.2, -0.15) is 0 Å². The van der Waals surface area contributed by atoms with Crippen molar-refractivity contribution in [3.8, 4) is 0 Å². The summed E-state index contributed by atoms with van der Waals surface area (Å²) < 4.78 is 10.4. The van der Waals surface area contributed by atoms with Gasteiger partial charge in [0.1, 0.15) is 10.6 Å². The molecule has 8 heteroatoms. The van der Waals surface area contributed by atoms with E-state index in [-0.39, 0.29) is 16.1 Å². The Bertz CT molecular complexity index is 1030. The molecule has 0 bridgehead atoms. The third-order valence-corrected chi connectivity index (χ3v) is 4.98. The van der Waals surface area contributed by atoms with Crippen molar-refractivity contribution in [2.75, 3.05) is 19.1 Å². The Morgan fingerprint density at radius 2 is 1.78 bits per heavy atom. The first-order valence-electron chi connectivity index (χ1n) is 7.78. The van der Waals surface area contributed by atoms with Crippen LogP contribution in [-0.4, -0.2) is 37.2 Å². The number of carboxylic acids is 1. The van der Waals surface area contributed by atoms with E-state index in [0.29, 0.717) is 11.1 Å². The highest BCUT2D eigenvalue weighted by atomic mass is 32.1. The molecule has 1 aromatic heterocycles. The van der Waals surface area contributed by atoms with Gasteiger partial charge in [-0.3, -0.25) is 0 Å². The van der Waals surface area contributed by atoms with Crippen molar-refractivity contribution < 1.29 is 29.0 Å². The second kappa shape index (κ2) is 7.46. The van der Waals surface area contributed by atoms with Crippen LogP contribution in [0.15, 0.2) is 60.0 Å². The molecule has 1 aromatic carbocycles. The summed E-state index contributed by atoms with van der Waals surface area (Å²) in [6.07, 6.45) is 6.37. The number of nitrogens with zero attached hydrogens (tertiary/aromatic N) is 1. The maximum atomic E-state index is 12.4. The van der Waals surface area contributed by atoms with E-state index < -0.39 is 17.9 Å². The Morgan fingerprint density at radius 1 is 1.04 bits per heavy atom. The summed E-state index contributed by atoms with van der Waals surface area (Å²) in [5.41, 5.74) is 0.618. The Balaban J connectivity index is 2.17. The van der Waals surface area contributed by atoms with E-state index >= 15 is 0 Å². The van der Waals surface area contributed by atoms with E-state index in [1.54, 1.807) is 42.6 Å². The highest BCUT2D eigenvalue weighted by Crippen LogP contribution is 2.32. The zero-order valence-corrected chi connectivity index (χ0v) is 15.3. The first-order chi connectivity index (χ1) is 13.0. The van der Waals surface area contributed by atoms with Gasteiger partial charge in [-0.15, -0.1) is 11.3 Å². The minimum atomic E-state index is -1.00. The summed E-state index contributed by atoms with van der Waals surface area (Å²) in [6, 6.07) is 6.80. The van der Waals surface area contributed by atoms with E-state index in [1.165, 1.54) is 25.2 Å². The van der Waals surface area contributed by atoms with Crippen molar-refractivity contribution in [3.05, 3.63) is 64.8 Å². The normalized spacial score (nSPS) is 13.6. The first-order valence-corrected chi connectivity index (χ1v) is 8.59. The molecule has 0 saturated heterocycles. The number of fused-ring (bicyclic) bond motifs is 1. The fourth-order valence-corrected chi connectivity index (χ4v) is 3.53. The third-order valence-electron chi connectivity index (χ3n) is 3.88. The summed E-state index contributed by atoms with van der Waals surface area (Å²) >= 11 is 1.16. The van der Waals surface area contributed by atoms with Crippen molar-refractivity contribution in [1.82, 2.24) is 0 Å². The minimum absolute atomic E-state index is 0.00221. The van der Waals surface area contributed by atoms with Crippen LogP contribution in [0.1, 0.15) is 9.67 Å². The fraction of sp³-hybridized carbons (Fsp3) is 0.105. The third kappa shape index (κ3) is 3.47. The van der Waals surface area contributed by atoms with Gasteiger partial charge < -0.3 is 19.5 Å². The molecule has 0 fully saturated rings. The number of anilines is 1. The maximum Gasteiger partial charge on any atom is 0.355 e. The van der Waals surface area contributed by atoms with Gasteiger partial charge in [0.2, 0.25) is 0 Å². The average molecular weight is 385 g/mol. The SMILES string of the molecule is COC(=O)C1=C(C(=O)OC)N(c2ccc3sc(C(=O)O)cc3c2)C=CC=C1. The lowest BCUT2D eigenvalue weighted by Gasteiger charge is -2.23.